The van der Waals surface area contributed by atoms with Gasteiger partial charge in [0.2, 0.25) is 5.91 Å². The van der Waals surface area contributed by atoms with E-state index in [9.17, 15) is 61.0 Å². The van der Waals surface area contributed by atoms with Crippen LogP contribution in [0.25, 0.3) is 0 Å². The number of allylic oxidation sites excluding steroid dienone is 21. The van der Waals surface area contributed by atoms with Gasteiger partial charge in [0.05, 0.1) is 38.6 Å². The lowest BCUT2D eigenvalue weighted by atomic mass is 9.96. The first-order chi connectivity index (χ1) is 46.3. The minimum atomic E-state index is -1.99. The molecule has 3 rings (SSSR count). The van der Waals surface area contributed by atoms with Crippen molar-refractivity contribution in [1.82, 2.24) is 5.32 Å². The van der Waals surface area contributed by atoms with Crippen molar-refractivity contribution in [3.8, 4) is 0 Å². The maximum absolute atomic E-state index is 13.4. The normalized spacial score (nSPS) is 28.0. The summed E-state index contributed by atoms with van der Waals surface area (Å²) in [6.45, 7) is 1.55. The fraction of sp³-hybridized carbons (Fsp3) is 0.697. The highest BCUT2D eigenvalue weighted by Crippen LogP contribution is 2.33. The largest absolute Gasteiger partial charge is 0.394 e. The maximum atomic E-state index is 13.4. The Labute approximate surface area is 569 Å². The van der Waals surface area contributed by atoms with Crippen molar-refractivity contribution in [3.63, 3.8) is 0 Å². The second-order valence-electron chi connectivity index (χ2n) is 24.9. The van der Waals surface area contributed by atoms with Crippen LogP contribution in [-0.2, 0) is 33.2 Å². The van der Waals surface area contributed by atoms with E-state index in [1.165, 1.54) is 64.2 Å². The lowest BCUT2D eigenvalue weighted by Gasteiger charge is -2.48. The Kier molecular flexibility index (Phi) is 50.0. The molecule has 3 fully saturated rings. The van der Waals surface area contributed by atoms with Crippen molar-refractivity contribution in [2.24, 2.45) is 0 Å². The first-order valence-corrected chi connectivity index (χ1v) is 35.9. The van der Waals surface area contributed by atoms with Gasteiger partial charge >= 0.3 is 0 Å². The molecular formula is C76H125NO18. The molecule has 1 amide bonds. The van der Waals surface area contributed by atoms with E-state index in [0.29, 0.717) is 12.8 Å². The molecule has 0 aromatic carbocycles. The van der Waals surface area contributed by atoms with Crippen LogP contribution >= 0.6 is 0 Å². The molecule has 3 aliphatic rings. The van der Waals surface area contributed by atoms with Gasteiger partial charge in [-0.2, -0.15) is 0 Å². The fourth-order valence-electron chi connectivity index (χ4n) is 11.1. The van der Waals surface area contributed by atoms with Gasteiger partial charge in [-0.25, -0.2) is 0 Å². The summed E-state index contributed by atoms with van der Waals surface area (Å²) in [5.41, 5.74) is 0. The van der Waals surface area contributed by atoms with Gasteiger partial charge in [0.15, 0.2) is 18.9 Å². The molecule has 3 aliphatic heterocycles. The number of carbonyl (C=O) groups is 1. The summed E-state index contributed by atoms with van der Waals surface area (Å²) in [6, 6.07) is -1.01. The van der Waals surface area contributed by atoms with Gasteiger partial charge in [-0.1, -0.05) is 225 Å². The fourth-order valence-corrected chi connectivity index (χ4v) is 11.1. The van der Waals surface area contributed by atoms with Crippen LogP contribution in [0.5, 0.6) is 0 Å². The molecule has 0 spiro atoms. The number of rotatable bonds is 53. The Morgan fingerprint density at radius 2 is 0.737 bits per heavy atom. The summed E-state index contributed by atoms with van der Waals surface area (Å²) in [7, 11) is 0. The van der Waals surface area contributed by atoms with Crippen molar-refractivity contribution in [2.45, 2.75) is 311 Å². The van der Waals surface area contributed by atoms with Crippen LogP contribution in [-0.4, -0.2) is 193 Å². The van der Waals surface area contributed by atoms with Crippen molar-refractivity contribution >= 4 is 5.91 Å². The van der Waals surface area contributed by atoms with Crippen molar-refractivity contribution in [3.05, 3.63) is 134 Å². The zero-order chi connectivity index (χ0) is 68.9. The van der Waals surface area contributed by atoms with Crippen LogP contribution in [0.4, 0.5) is 0 Å². The van der Waals surface area contributed by atoms with E-state index < -0.39 is 124 Å². The van der Waals surface area contributed by atoms with E-state index in [-0.39, 0.29) is 18.9 Å². The third-order valence-electron chi connectivity index (χ3n) is 16.9. The number of unbranched alkanes of at least 4 members (excludes halogenated alkanes) is 17. The Morgan fingerprint density at radius 3 is 1.18 bits per heavy atom. The van der Waals surface area contributed by atoms with Gasteiger partial charge in [-0.3, -0.25) is 4.79 Å². The van der Waals surface area contributed by atoms with E-state index in [1.807, 2.05) is 6.08 Å². The van der Waals surface area contributed by atoms with Gasteiger partial charge in [-0.05, 0) is 109 Å². The first-order valence-electron chi connectivity index (χ1n) is 35.9. The molecule has 12 N–H and O–H groups in total. The second kappa shape index (κ2) is 55.8. The predicted molar refractivity (Wildman–Crippen MR) is 373 cm³/mol. The summed E-state index contributed by atoms with van der Waals surface area (Å²) in [4.78, 5) is 13.4. The van der Waals surface area contributed by atoms with E-state index in [2.05, 4.69) is 141 Å². The molecule has 17 unspecified atom stereocenters. The lowest BCUT2D eigenvalue weighted by molar-refractivity contribution is -0.379. The SMILES string of the molecule is CC/C=C\C/C=C\C/C=C\C/C=C\C/C=C\C/C=C\C/C=C\C/C=C\CCCCCCCCCCCCC(=O)NC(COC1OC(CO)C(OC2OC(CO)C(OC3OC(CO)C(O)C(O)C3O)C(O)C2O)C(O)C1O)C(O)/C=C/CC/C=C/CC/C=C/CCCCCCC. The monoisotopic (exact) mass is 1340 g/mol. The van der Waals surface area contributed by atoms with Gasteiger partial charge < -0.3 is 89.9 Å². The molecule has 0 bridgehead atoms. The average molecular weight is 1340 g/mol. The summed E-state index contributed by atoms with van der Waals surface area (Å²) in [6.07, 6.45) is 51.4. The molecule has 0 aliphatic carbocycles. The Balaban J connectivity index is 1.38. The quantitative estimate of drug-likeness (QED) is 0.0199. The maximum Gasteiger partial charge on any atom is 0.220 e. The van der Waals surface area contributed by atoms with Crippen molar-refractivity contribution < 1.29 is 89.4 Å². The highest BCUT2D eigenvalue weighted by atomic mass is 16.8. The Morgan fingerprint density at radius 1 is 0.389 bits per heavy atom. The Hall–Kier alpha value is -4.07. The average Bonchev–Trinajstić information content (AvgIpc) is 0.799. The number of nitrogens with one attached hydrogen (secondary N) is 1. The second-order valence-corrected chi connectivity index (χ2v) is 24.9. The highest BCUT2D eigenvalue weighted by Gasteiger charge is 2.53. The van der Waals surface area contributed by atoms with Crippen LogP contribution in [0.1, 0.15) is 206 Å². The number of aliphatic hydroxyl groups excluding tert-OH is 11. The molecule has 0 radical (unpaired) electrons. The predicted octanol–water partition coefficient (Wildman–Crippen LogP) is 10.2. The number of hydrogen-bond donors (Lipinski definition) is 12. The third kappa shape index (κ3) is 37.1. The van der Waals surface area contributed by atoms with Gasteiger partial charge in [0.1, 0.15) is 73.2 Å². The standard InChI is InChI=1S/C76H125NO18/c1-3-5-7-9-11-13-15-17-19-20-21-22-23-24-25-26-27-28-29-30-31-32-33-34-35-36-37-38-40-42-44-46-48-50-52-54-64(82)77-59(60(81)53-51-49-47-45-43-41-39-18-16-14-12-10-8-6-4-2)58-90-74-70(88)67(85)72(62(56-79)92-74)95-76-71(89)68(86)73(63(57-80)93-76)94-75-69(87)66(84)65(83)61(55-78)91-75/h5,7,11,13,16-19,21-22,24-25,27-28,30-31,33-34,43,45,51,53,59-63,65-76,78-81,83-89H,3-4,6,8-10,12,14-15,20,23,26,29,32,35-42,44,46-50,52,54-58H2,1-2H3,(H,77,82)/b7-5-,13-11-,18-16+,19-17-,22-21-,25-24-,28-27-,31-30-,34-33-,45-43+,53-51+. The minimum Gasteiger partial charge on any atom is -0.394 e. The minimum absolute atomic E-state index is 0.218. The molecule has 542 valence electrons. The van der Waals surface area contributed by atoms with E-state index >= 15 is 0 Å². The zero-order valence-corrected chi connectivity index (χ0v) is 57.3. The van der Waals surface area contributed by atoms with Gasteiger partial charge in [0, 0.05) is 6.42 Å². The molecule has 3 heterocycles. The van der Waals surface area contributed by atoms with E-state index in [1.54, 1.807) is 6.08 Å². The van der Waals surface area contributed by atoms with Crippen LogP contribution in [0.3, 0.4) is 0 Å². The molecule has 95 heavy (non-hydrogen) atoms. The number of hydrogen-bond acceptors (Lipinski definition) is 18. The molecule has 0 aromatic rings. The van der Waals surface area contributed by atoms with Crippen molar-refractivity contribution in [1.29, 1.82) is 0 Å². The van der Waals surface area contributed by atoms with Gasteiger partial charge in [-0.15, -0.1) is 0 Å². The molecule has 17 atom stereocenters. The third-order valence-corrected chi connectivity index (χ3v) is 16.9. The van der Waals surface area contributed by atoms with Crippen LogP contribution in [0.15, 0.2) is 134 Å². The van der Waals surface area contributed by atoms with Gasteiger partial charge in [0.25, 0.3) is 0 Å². The molecule has 0 aromatic heterocycles. The topological polar surface area (TPSA) is 307 Å². The van der Waals surface area contributed by atoms with E-state index in [4.69, 9.17) is 28.4 Å². The smallest absolute Gasteiger partial charge is 0.220 e. The number of carbonyl (C=O) groups excluding carboxylic acids is 1. The molecule has 19 heteroatoms. The summed E-state index contributed by atoms with van der Waals surface area (Å²) < 4.78 is 34.3. The van der Waals surface area contributed by atoms with Crippen LogP contribution < -0.4 is 5.32 Å². The zero-order valence-electron chi connectivity index (χ0n) is 57.3. The Bertz CT molecular complexity index is 2240. The van der Waals surface area contributed by atoms with Crippen LogP contribution in [0, 0.1) is 0 Å². The summed E-state index contributed by atoms with van der Waals surface area (Å²) in [5, 5.41) is 120. The first kappa shape index (κ1) is 85.2. The molecule has 19 nitrogen and oxygen atoms in total. The highest BCUT2D eigenvalue weighted by molar-refractivity contribution is 5.76. The summed E-state index contributed by atoms with van der Waals surface area (Å²) in [5.74, 6) is -0.301. The lowest BCUT2D eigenvalue weighted by Crippen LogP contribution is -2.66. The van der Waals surface area contributed by atoms with Crippen molar-refractivity contribution in [2.75, 3.05) is 26.4 Å². The molecular weight excluding hydrogens is 1210 g/mol. The number of ether oxygens (including phenoxy) is 6. The number of aliphatic hydroxyl groups is 11. The number of amides is 1. The molecule has 3 saturated heterocycles. The molecule has 0 saturated carbocycles. The van der Waals surface area contributed by atoms with E-state index in [0.717, 1.165) is 109 Å². The van der Waals surface area contributed by atoms with Crippen LogP contribution in [0.2, 0.25) is 0 Å². The summed E-state index contributed by atoms with van der Waals surface area (Å²) >= 11 is 0.